The van der Waals surface area contributed by atoms with Gasteiger partial charge in [-0.1, -0.05) is 0 Å². The molecule has 0 saturated carbocycles. The van der Waals surface area contributed by atoms with Crippen LogP contribution in [0.3, 0.4) is 0 Å². The first-order chi connectivity index (χ1) is 14.5. The Hall–Kier alpha value is -2.69. The van der Waals surface area contributed by atoms with E-state index >= 15 is 0 Å². The molecule has 2 heterocycles. The fourth-order valence-electron chi connectivity index (χ4n) is 3.66. The van der Waals surface area contributed by atoms with Crippen molar-refractivity contribution in [3.05, 3.63) is 58.4 Å². The first-order valence-corrected chi connectivity index (χ1v) is 9.56. The van der Waals surface area contributed by atoms with Gasteiger partial charge in [0.2, 0.25) is 5.82 Å². The van der Waals surface area contributed by atoms with Crippen LogP contribution in [-0.4, -0.2) is 39.9 Å². The molecule has 2 aromatic rings. The molecule has 1 aliphatic heterocycles. The minimum atomic E-state index is -4.70. The van der Waals surface area contributed by atoms with Gasteiger partial charge in [0, 0.05) is 31.4 Å². The SMILES string of the molecule is Cc1nc(C(F)(F)F)ncc1C(=O)N1CCC(C(N)Cc2cc(F)c(F)cc2F)CC1. The molecule has 0 aliphatic carbocycles. The zero-order chi connectivity index (χ0) is 22.9. The molecule has 1 aromatic heterocycles. The molecule has 3 rings (SSSR count). The van der Waals surface area contributed by atoms with E-state index in [1.807, 2.05) is 0 Å². The maximum Gasteiger partial charge on any atom is 0.451 e. The quantitative estimate of drug-likeness (QED) is 0.575. The van der Waals surface area contributed by atoms with E-state index in [9.17, 15) is 31.1 Å². The number of piperidine rings is 1. The Morgan fingerprint density at radius 3 is 2.35 bits per heavy atom. The van der Waals surface area contributed by atoms with Crippen LogP contribution in [0.25, 0.3) is 0 Å². The van der Waals surface area contributed by atoms with E-state index in [0.29, 0.717) is 18.9 Å². The number of aromatic nitrogens is 2. The van der Waals surface area contributed by atoms with Crippen molar-refractivity contribution in [2.45, 2.75) is 38.4 Å². The Kier molecular flexibility index (Phi) is 6.54. The van der Waals surface area contributed by atoms with E-state index in [2.05, 4.69) is 9.97 Å². The van der Waals surface area contributed by atoms with Gasteiger partial charge in [0.1, 0.15) is 5.82 Å². The molecular weight excluding hydrogens is 426 g/mol. The van der Waals surface area contributed by atoms with Crippen molar-refractivity contribution < 1.29 is 31.1 Å². The van der Waals surface area contributed by atoms with Gasteiger partial charge in [-0.3, -0.25) is 4.79 Å². The predicted molar refractivity (Wildman–Crippen MR) is 98.4 cm³/mol. The van der Waals surface area contributed by atoms with Gasteiger partial charge >= 0.3 is 6.18 Å². The molecule has 0 bridgehead atoms. The van der Waals surface area contributed by atoms with Crippen molar-refractivity contribution >= 4 is 5.91 Å². The van der Waals surface area contributed by atoms with Crippen molar-refractivity contribution in [2.24, 2.45) is 11.7 Å². The average molecular weight is 446 g/mol. The van der Waals surface area contributed by atoms with Crippen LogP contribution >= 0.6 is 0 Å². The number of hydrogen-bond donors (Lipinski definition) is 1. The van der Waals surface area contributed by atoms with E-state index in [1.165, 1.54) is 11.8 Å². The molecule has 0 spiro atoms. The van der Waals surface area contributed by atoms with Gasteiger partial charge in [-0.05, 0) is 43.7 Å². The van der Waals surface area contributed by atoms with Gasteiger partial charge in [-0.25, -0.2) is 23.1 Å². The first-order valence-electron chi connectivity index (χ1n) is 9.56. The number of nitrogens with zero attached hydrogens (tertiary/aromatic N) is 3. The topological polar surface area (TPSA) is 72.1 Å². The van der Waals surface area contributed by atoms with Crippen LogP contribution in [0.1, 0.15) is 40.3 Å². The summed E-state index contributed by atoms with van der Waals surface area (Å²) >= 11 is 0. The van der Waals surface area contributed by atoms with E-state index in [0.717, 1.165) is 12.3 Å². The second-order valence-electron chi connectivity index (χ2n) is 7.55. The number of nitrogens with two attached hydrogens (primary N) is 1. The minimum absolute atomic E-state index is 0.00744. The second-order valence-corrected chi connectivity index (χ2v) is 7.55. The molecule has 1 atom stereocenters. The van der Waals surface area contributed by atoms with Gasteiger partial charge in [0.15, 0.2) is 11.6 Å². The van der Waals surface area contributed by atoms with Crippen LogP contribution in [0, 0.1) is 30.3 Å². The fourth-order valence-corrected chi connectivity index (χ4v) is 3.66. The highest BCUT2D eigenvalue weighted by Gasteiger charge is 2.36. The number of likely N-dealkylation sites (tertiary alicyclic amines) is 1. The van der Waals surface area contributed by atoms with Gasteiger partial charge in [-0.2, -0.15) is 13.2 Å². The number of alkyl halides is 3. The summed E-state index contributed by atoms with van der Waals surface area (Å²) in [5, 5.41) is 0. The van der Waals surface area contributed by atoms with Crippen LogP contribution in [0.2, 0.25) is 0 Å². The van der Waals surface area contributed by atoms with Crippen molar-refractivity contribution in [3.63, 3.8) is 0 Å². The van der Waals surface area contributed by atoms with Crippen molar-refractivity contribution in [1.82, 2.24) is 14.9 Å². The van der Waals surface area contributed by atoms with Crippen LogP contribution in [0.4, 0.5) is 26.3 Å². The lowest BCUT2D eigenvalue weighted by atomic mass is 9.86. The largest absolute Gasteiger partial charge is 0.451 e. The van der Waals surface area contributed by atoms with Crippen LogP contribution in [0.5, 0.6) is 0 Å². The Morgan fingerprint density at radius 2 is 1.77 bits per heavy atom. The van der Waals surface area contributed by atoms with Crippen molar-refractivity contribution in [3.8, 4) is 0 Å². The maximum atomic E-state index is 13.9. The lowest BCUT2D eigenvalue weighted by Crippen LogP contribution is -2.44. The molecule has 5 nitrogen and oxygen atoms in total. The highest BCUT2D eigenvalue weighted by Crippen LogP contribution is 2.28. The number of hydrogen-bond acceptors (Lipinski definition) is 4. The van der Waals surface area contributed by atoms with E-state index in [-0.39, 0.29) is 42.2 Å². The third-order valence-electron chi connectivity index (χ3n) is 5.44. The minimum Gasteiger partial charge on any atom is -0.339 e. The van der Waals surface area contributed by atoms with Crippen LogP contribution in [-0.2, 0) is 12.6 Å². The van der Waals surface area contributed by atoms with E-state index in [1.54, 1.807) is 0 Å². The molecule has 168 valence electrons. The Morgan fingerprint density at radius 1 is 1.16 bits per heavy atom. The molecule has 1 aliphatic rings. The average Bonchev–Trinajstić information content (AvgIpc) is 2.71. The summed E-state index contributed by atoms with van der Waals surface area (Å²) in [5.41, 5.74) is 6.03. The van der Waals surface area contributed by atoms with E-state index in [4.69, 9.17) is 5.73 Å². The number of carbonyl (C=O) groups is 1. The molecule has 1 aromatic carbocycles. The molecule has 1 saturated heterocycles. The lowest BCUT2D eigenvalue weighted by molar-refractivity contribution is -0.145. The first kappa shape index (κ1) is 23.0. The summed E-state index contributed by atoms with van der Waals surface area (Å²) in [6.07, 6.45) is -2.88. The number of amides is 1. The molecular formula is C20H20F6N4O. The normalized spacial score (nSPS) is 16.5. The highest BCUT2D eigenvalue weighted by molar-refractivity contribution is 5.95. The standard InChI is InChI=1S/C20H20F6N4O/c1-10-13(9-28-19(29-10)20(24,25)26)18(31)30-4-2-11(3-5-30)17(27)7-12-6-15(22)16(23)8-14(12)21/h6,8-9,11,17H,2-5,7,27H2,1H3. The molecule has 1 amide bonds. The van der Waals surface area contributed by atoms with Gasteiger partial charge < -0.3 is 10.6 Å². The summed E-state index contributed by atoms with van der Waals surface area (Å²) < 4.78 is 78.4. The molecule has 11 heteroatoms. The Bertz CT molecular complexity index is 973. The Balaban J connectivity index is 1.61. The van der Waals surface area contributed by atoms with Gasteiger partial charge in [-0.15, -0.1) is 0 Å². The summed E-state index contributed by atoms with van der Waals surface area (Å²) in [5.74, 6) is -5.19. The number of rotatable bonds is 4. The predicted octanol–water partition coefficient (Wildman–Crippen LogP) is 3.64. The van der Waals surface area contributed by atoms with Crippen LogP contribution in [0.15, 0.2) is 18.3 Å². The summed E-state index contributed by atoms with van der Waals surface area (Å²) in [4.78, 5) is 20.8. The third-order valence-corrected chi connectivity index (χ3v) is 5.44. The fraction of sp³-hybridized carbons (Fsp3) is 0.450. The maximum absolute atomic E-state index is 13.9. The van der Waals surface area contributed by atoms with Gasteiger partial charge in [0.05, 0.1) is 11.3 Å². The molecule has 1 unspecified atom stereocenters. The number of benzene rings is 1. The van der Waals surface area contributed by atoms with Crippen molar-refractivity contribution in [2.75, 3.05) is 13.1 Å². The Labute approximate surface area is 174 Å². The second kappa shape index (κ2) is 8.81. The van der Waals surface area contributed by atoms with Gasteiger partial charge in [0.25, 0.3) is 5.91 Å². The summed E-state index contributed by atoms with van der Waals surface area (Å²) in [6, 6.07) is 0.733. The zero-order valence-electron chi connectivity index (χ0n) is 16.5. The van der Waals surface area contributed by atoms with E-state index < -0.39 is 41.4 Å². The van der Waals surface area contributed by atoms with Crippen LogP contribution < -0.4 is 5.73 Å². The molecule has 1 fully saturated rings. The lowest BCUT2D eigenvalue weighted by Gasteiger charge is -2.35. The smallest absolute Gasteiger partial charge is 0.339 e. The third kappa shape index (κ3) is 5.15. The summed E-state index contributed by atoms with van der Waals surface area (Å²) in [6.45, 7) is 1.89. The monoisotopic (exact) mass is 446 g/mol. The molecule has 31 heavy (non-hydrogen) atoms. The van der Waals surface area contributed by atoms with Crippen molar-refractivity contribution in [1.29, 1.82) is 0 Å². The zero-order valence-corrected chi connectivity index (χ0v) is 16.5. The number of aryl methyl sites for hydroxylation is 1. The highest BCUT2D eigenvalue weighted by atomic mass is 19.4. The molecule has 0 radical (unpaired) electrons. The number of halogens is 6. The number of carbonyl (C=O) groups excluding carboxylic acids is 1. The summed E-state index contributed by atoms with van der Waals surface area (Å²) in [7, 11) is 0. The molecule has 2 N–H and O–H groups in total.